The van der Waals surface area contributed by atoms with E-state index in [2.05, 4.69) is 6.58 Å². The van der Waals surface area contributed by atoms with Crippen LogP contribution in [0.5, 0.6) is 0 Å². The Hall–Kier alpha value is -1.05. The number of rotatable bonds is 7. The zero-order valence-corrected chi connectivity index (χ0v) is 8.25. The molecule has 0 atom stereocenters. The van der Waals surface area contributed by atoms with Gasteiger partial charge < -0.3 is 5.11 Å². The maximum Gasteiger partial charge on any atom is 0.328 e. The molecule has 0 bridgehead atoms. The molecule has 0 aliphatic rings. The summed E-state index contributed by atoms with van der Waals surface area (Å²) in [5, 5.41) is 8.43. The topological polar surface area (TPSA) is 37.3 Å². The summed E-state index contributed by atoms with van der Waals surface area (Å²) < 4.78 is 0. The van der Waals surface area contributed by atoms with Gasteiger partial charge in [-0.3, -0.25) is 0 Å². The van der Waals surface area contributed by atoms with Crippen LogP contribution in [0.15, 0.2) is 24.3 Å². The molecular weight excluding hydrogens is 164 g/mol. The van der Waals surface area contributed by atoms with Crippen LogP contribution in [0.2, 0.25) is 0 Å². The third kappa shape index (κ3) is 8.86. The second-order valence-corrected chi connectivity index (χ2v) is 3.22. The van der Waals surface area contributed by atoms with Gasteiger partial charge in [-0.15, -0.1) is 6.58 Å². The van der Waals surface area contributed by atoms with Gasteiger partial charge in [0.2, 0.25) is 0 Å². The first-order chi connectivity index (χ1) is 6.16. The molecule has 1 N–H and O–H groups in total. The smallest absolute Gasteiger partial charge is 0.328 e. The van der Waals surface area contributed by atoms with E-state index >= 15 is 0 Å². The lowest BCUT2D eigenvalue weighted by Crippen LogP contribution is -1.90. The van der Waals surface area contributed by atoms with E-state index in [4.69, 9.17) is 5.11 Å². The van der Waals surface area contributed by atoms with Crippen LogP contribution in [0.3, 0.4) is 0 Å². The Balaban J connectivity index is 3.42. The Kier molecular flexibility index (Phi) is 6.98. The first kappa shape index (κ1) is 11.9. The summed E-state index contributed by atoms with van der Waals surface area (Å²) in [6.45, 7) is 5.51. The lowest BCUT2D eigenvalue weighted by molar-refractivity contribution is -0.131. The predicted molar refractivity (Wildman–Crippen MR) is 54.7 cm³/mol. The number of carboxylic acids is 1. The largest absolute Gasteiger partial charge is 0.478 e. The van der Waals surface area contributed by atoms with Crippen molar-refractivity contribution >= 4 is 5.97 Å². The van der Waals surface area contributed by atoms with Crippen LogP contribution in [0.4, 0.5) is 0 Å². The van der Waals surface area contributed by atoms with E-state index in [0.29, 0.717) is 0 Å². The second-order valence-electron chi connectivity index (χ2n) is 3.22. The lowest BCUT2D eigenvalue weighted by Gasteiger charge is -1.99. The molecule has 0 amide bonds. The second kappa shape index (κ2) is 7.59. The summed E-state index contributed by atoms with van der Waals surface area (Å²) in [6.07, 6.45) is 8.53. The monoisotopic (exact) mass is 182 g/mol. The fourth-order valence-electron chi connectivity index (χ4n) is 1.15. The highest BCUT2D eigenvalue weighted by molar-refractivity contribution is 5.80. The predicted octanol–water partition coefficient (Wildman–Crippen LogP) is 3.15. The summed E-state index contributed by atoms with van der Waals surface area (Å²) in [5.41, 5.74) is 0.950. The van der Waals surface area contributed by atoms with Crippen molar-refractivity contribution in [2.45, 2.75) is 39.0 Å². The zero-order chi connectivity index (χ0) is 10.1. The highest BCUT2D eigenvalue weighted by Gasteiger charge is 1.94. The number of hydrogen-bond acceptors (Lipinski definition) is 1. The molecule has 0 radical (unpaired) electrons. The number of unbranched alkanes of at least 4 members (excludes halogenated alkanes) is 3. The van der Waals surface area contributed by atoms with Crippen molar-refractivity contribution in [3.05, 3.63) is 24.3 Å². The molecule has 0 aromatic carbocycles. The third-order valence-corrected chi connectivity index (χ3v) is 1.85. The first-order valence-corrected chi connectivity index (χ1v) is 4.68. The average Bonchev–Trinajstić information content (AvgIpc) is 2.02. The molecule has 0 heterocycles. The van der Waals surface area contributed by atoms with Gasteiger partial charge in [0.15, 0.2) is 0 Å². The van der Waals surface area contributed by atoms with Crippen molar-refractivity contribution in [1.82, 2.24) is 0 Å². The van der Waals surface area contributed by atoms with E-state index in [1.807, 2.05) is 13.0 Å². The molecule has 0 rings (SSSR count). The minimum atomic E-state index is -0.844. The van der Waals surface area contributed by atoms with Crippen LogP contribution in [0.1, 0.15) is 39.0 Å². The molecule has 2 heteroatoms. The number of allylic oxidation sites excluding steroid dienone is 2. The van der Waals surface area contributed by atoms with Crippen LogP contribution in [-0.4, -0.2) is 11.1 Å². The van der Waals surface area contributed by atoms with Crippen LogP contribution in [-0.2, 0) is 4.79 Å². The minimum absolute atomic E-state index is 0.844. The summed E-state index contributed by atoms with van der Waals surface area (Å²) in [4.78, 5) is 10.3. The summed E-state index contributed by atoms with van der Waals surface area (Å²) >= 11 is 0. The molecule has 0 aromatic rings. The maximum atomic E-state index is 10.3. The molecule has 74 valence electrons. The van der Waals surface area contributed by atoms with Gasteiger partial charge in [0.05, 0.1) is 0 Å². The highest BCUT2D eigenvalue weighted by Crippen LogP contribution is 2.09. The van der Waals surface area contributed by atoms with E-state index < -0.39 is 5.97 Å². The molecule has 2 nitrogen and oxygen atoms in total. The van der Waals surface area contributed by atoms with Crippen molar-refractivity contribution in [2.24, 2.45) is 0 Å². The van der Waals surface area contributed by atoms with Crippen molar-refractivity contribution in [2.75, 3.05) is 0 Å². The highest BCUT2D eigenvalue weighted by atomic mass is 16.4. The zero-order valence-electron chi connectivity index (χ0n) is 8.25. The Morgan fingerprint density at radius 2 is 2.08 bits per heavy atom. The van der Waals surface area contributed by atoms with Gasteiger partial charge in [0.1, 0.15) is 0 Å². The number of carboxylic acid groups (broad SMARTS) is 1. The third-order valence-electron chi connectivity index (χ3n) is 1.85. The normalized spacial score (nSPS) is 11.3. The quantitative estimate of drug-likeness (QED) is 0.373. The van der Waals surface area contributed by atoms with Crippen LogP contribution < -0.4 is 0 Å². The van der Waals surface area contributed by atoms with Crippen LogP contribution in [0.25, 0.3) is 0 Å². The average molecular weight is 182 g/mol. The standard InChI is InChI=1S/C11H18O2/c1-3-4-5-6-7-8-10(2)9-11(12)13/h3,9H,1,4-8H2,2H3,(H,12,13)/b10-9+. The Labute approximate surface area is 80.0 Å². The van der Waals surface area contributed by atoms with E-state index in [-0.39, 0.29) is 0 Å². The Bertz CT molecular complexity index is 192. The van der Waals surface area contributed by atoms with E-state index in [1.165, 1.54) is 6.08 Å². The van der Waals surface area contributed by atoms with E-state index in [0.717, 1.165) is 37.7 Å². The fraction of sp³-hybridized carbons (Fsp3) is 0.545. The molecule has 0 unspecified atom stereocenters. The number of carbonyl (C=O) groups is 1. The minimum Gasteiger partial charge on any atom is -0.478 e. The Morgan fingerprint density at radius 1 is 1.38 bits per heavy atom. The van der Waals surface area contributed by atoms with E-state index in [1.54, 1.807) is 0 Å². The number of hydrogen-bond donors (Lipinski definition) is 1. The van der Waals surface area contributed by atoms with Crippen molar-refractivity contribution in [3.8, 4) is 0 Å². The van der Waals surface area contributed by atoms with Gasteiger partial charge in [-0.05, 0) is 32.6 Å². The molecule has 13 heavy (non-hydrogen) atoms. The van der Waals surface area contributed by atoms with E-state index in [9.17, 15) is 4.79 Å². The molecule has 0 aliphatic carbocycles. The van der Waals surface area contributed by atoms with Gasteiger partial charge >= 0.3 is 5.97 Å². The van der Waals surface area contributed by atoms with Gasteiger partial charge in [-0.1, -0.05) is 18.1 Å². The maximum absolute atomic E-state index is 10.3. The molecule has 0 saturated carbocycles. The SMILES string of the molecule is C=CCCCCC/C(C)=C/C(=O)O. The van der Waals surface area contributed by atoms with Gasteiger partial charge in [-0.25, -0.2) is 4.79 Å². The summed E-state index contributed by atoms with van der Waals surface area (Å²) in [7, 11) is 0. The van der Waals surface area contributed by atoms with Gasteiger partial charge in [-0.2, -0.15) is 0 Å². The number of aliphatic carboxylic acids is 1. The van der Waals surface area contributed by atoms with Gasteiger partial charge in [0.25, 0.3) is 0 Å². The molecule has 0 aromatic heterocycles. The van der Waals surface area contributed by atoms with Gasteiger partial charge in [0, 0.05) is 6.08 Å². The fourth-order valence-corrected chi connectivity index (χ4v) is 1.15. The van der Waals surface area contributed by atoms with Crippen LogP contribution in [0, 0.1) is 0 Å². The van der Waals surface area contributed by atoms with Crippen LogP contribution >= 0.6 is 0 Å². The summed E-state index contributed by atoms with van der Waals surface area (Å²) in [5.74, 6) is -0.844. The molecule has 0 saturated heterocycles. The summed E-state index contributed by atoms with van der Waals surface area (Å²) in [6, 6.07) is 0. The van der Waals surface area contributed by atoms with Crippen molar-refractivity contribution < 1.29 is 9.90 Å². The lowest BCUT2D eigenvalue weighted by atomic mass is 10.1. The Morgan fingerprint density at radius 3 is 2.62 bits per heavy atom. The van der Waals surface area contributed by atoms with Crippen molar-refractivity contribution in [3.63, 3.8) is 0 Å². The molecular formula is C11H18O2. The first-order valence-electron chi connectivity index (χ1n) is 4.68. The van der Waals surface area contributed by atoms with Crippen molar-refractivity contribution in [1.29, 1.82) is 0 Å². The molecule has 0 fully saturated rings. The molecule has 0 spiro atoms. The molecule has 0 aliphatic heterocycles.